The van der Waals surface area contributed by atoms with Gasteiger partial charge in [0.1, 0.15) is 11.4 Å². The normalized spacial score (nSPS) is 10.7. The molecule has 0 aliphatic heterocycles. The van der Waals surface area contributed by atoms with Crippen LogP contribution in [0.4, 0.5) is 0 Å². The molecule has 162 valence electrons. The molecule has 5 nitrogen and oxygen atoms in total. The molecule has 5 heteroatoms. The van der Waals surface area contributed by atoms with Gasteiger partial charge in [-0.3, -0.25) is 4.79 Å². The smallest absolute Gasteiger partial charge is 0.254 e. The van der Waals surface area contributed by atoms with E-state index in [0.717, 1.165) is 11.1 Å². The molecule has 0 N–H and O–H groups in total. The quantitative estimate of drug-likeness (QED) is 0.374. The van der Waals surface area contributed by atoms with Gasteiger partial charge in [0.15, 0.2) is 5.76 Å². The first kappa shape index (κ1) is 21.4. The van der Waals surface area contributed by atoms with E-state index in [1.54, 1.807) is 24.1 Å². The third-order valence-electron chi connectivity index (χ3n) is 5.52. The van der Waals surface area contributed by atoms with E-state index in [4.69, 9.17) is 9.26 Å². The lowest BCUT2D eigenvalue weighted by Gasteiger charge is -2.22. The average Bonchev–Trinajstić information content (AvgIpc) is 3.29. The van der Waals surface area contributed by atoms with Gasteiger partial charge in [-0.1, -0.05) is 53.7 Å². The van der Waals surface area contributed by atoms with E-state index < -0.39 is 0 Å². The molecule has 4 rings (SSSR count). The Morgan fingerprint density at radius 2 is 1.72 bits per heavy atom. The van der Waals surface area contributed by atoms with Crippen LogP contribution >= 0.6 is 0 Å². The summed E-state index contributed by atoms with van der Waals surface area (Å²) in [6.07, 6.45) is 0. The first-order valence-corrected chi connectivity index (χ1v) is 10.5. The molecule has 3 aromatic carbocycles. The Kier molecular flexibility index (Phi) is 6.36. The number of ether oxygens (including phenoxy) is 1. The van der Waals surface area contributed by atoms with Crippen LogP contribution in [0.2, 0.25) is 0 Å². The monoisotopic (exact) mass is 426 g/mol. The van der Waals surface area contributed by atoms with Crippen molar-refractivity contribution in [3.05, 3.63) is 107 Å². The molecular formula is C27H26N2O3. The highest BCUT2D eigenvalue weighted by Crippen LogP contribution is 2.24. The topological polar surface area (TPSA) is 55.6 Å². The molecule has 0 aliphatic rings. The van der Waals surface area contributed by atoms with Crippen molar-refractivity contribution in [2.75, 3.05) is 7.11 Å². The minimum absolute atomic E-state index is 0.0940. The summed E-state index contributed by atoms with van der Waals surface area (Å²) in [5, 5.41) is 4.24. The molecule has 0 atom stereocenters. The Balaban J connectivity index is 1.61. The van der Waals surface area contributed by atoms with Gasteiger partial charge in [0.25, 0.3) is 5.91 Å². The van der Waals surface area contributed by atoms with E-state index in [9.17, 15) is 4.79 Å². The van der Waals surface area contributed by atoms with Gasteiger partial charge >= 0.3 is 0 Å². The number of aromatic nitrogens is 1. The standard InChI is InChI=1S/C27H26N2O3/c1-19-12-13-22(14-20(19)2)26-16-24(28-32-26)18-29(17-21-8-5-4-6-9-21)27(30)23-10-7-11-25(15-23)31-3/h4-16H,17-18H2,1-3H3. The van der Waals surface area contributed by atoms with Crippen LogP contribution in [0, 0.1) is 13.8 Å². The SMILES string of the molecule is COc1cccc(C(=O)N(Cc2ccccc2)Cc2cc(-c3ccc(C)c(C)c3)on2)c1. The summed E-state index contributed by atoms with van der Waals surface area (Å²) < 4.78 is 10.9. The Labute approximate surface area is 188 Å². The first-order valence-electron chi connectivity index (χ1n) is 10.5. The third kappa shape index (κ3) is 4.89. The number of hydrogen-bond donors (Lipinski definition) is 0. The van der Waals surface area contributed by atoms with Crippen molar-refractivity contribution in [2.24, 2.45) is 0 Å². The maximum atomic E-state index is 13.4. The minimum atomic E-state index is -0.0940. The second-order valence-electron chi connectivity index (χ2n) is 7.86. The molecule has 1 amide bonds. The lowest BCUT2D eigenvalue weighted by Crippen LogP contribution is -2.30. The number of amides is 1. The molecule has 1 heterocycles. The number of rotatable bonds is 7. The van der Waals surface area contributed by atoms with Crippen LogP contribution in [0.15, 0.2) is 83.4 Å². The number of carbonyl (C=O) groups is 1. The minimum Gasteiger partial charge on any atom is -0.497 e. The highest BCUT2D eigenvalue weighted by molar-refractivity contribution is 5.94. The second-order valence-corrected chi connectivity index (χ2v) is 7.86. The van der Waals surface area contributed by atoms with Crippen molar-refractivity contribution in [3.8, 4) is 17.1 Å². The molecular weight excluding hydrogens is 400 g/mol. The summed E-state index contributed by atoms with van der Waals surface area (Å²) >= 11 is 0. The number of aryl methyl sites for hydroxylation is 2. The van der Waals surface area contributed by atoms with Gasteiger partial charge in [-0.05, 0) is 54.8 Å². The fourth-order valence-corrected chi connectivity index (χ4v) is 3.55. The van der Waals surface area contributed by atoms with Crippen LogP contribution < -0.4 is 4.74 Å². The fraction of sp³-hybridized carbons (Fsp3) is 0.185. The lowest BCUT2D eigenvalue weighted by molar-refractivity contribution is 0.0726. The molecule has 0 spiro atoms. The molecule has 0 unspecified atom stereocenters. The van der Waals surface area contributed by atoms with Crippen molar-refractivity contribution in [1.82, 2.24) is 10.1 Å². The molecule has 0 radical (unpaired) electrons. The van der Waals surface area contributed by atoms with E-state index in [1.165, 1.54) is 11.1 Å². The van der Waals surface area contributed by atoms with Gasteiger partial charge in [0, 0.05) is 23.7 Å². The van der Waals surface area contributed by atoms with Crippen LogP contribution in [0.25, 0.3) is 11.3 Å². The predicted molar refractivity (Wildman–Crippen MR) is 124 cm³/mol. The summed E-state index contributed by atoms with van der Waals surface area (Å²) in [7, 11) is 1.59. The zero-order chi connectivity index (χ0) is 22.5. The van der Waals surface area contributed by atoms with E-state index in [-0.39, 0.29) is 5.91 Å². The Morgan fingerprint density at radius 1 is 0.906 bits per heavy atom. The fourth-order valence-electron chi connectivity index (χ4n) is 3.55. The summed E-state index contributed by atoms with van der Waals surface area (Å²) in [6, 6.07) is 25.2. The van der Waals surface area contributed by atoms with E-state index >= 15 is 0 Å². The van der Waals surface area contributed by atoms with E-state index in [1.807, 2.05) is 54.6 Å². The Bertz CT molecular complexity index is 1210. The molecule has 1 aromatic heterocycles. The maximum absolute atomic E-state index is 13.4. The van der Waals surface area contributed by atoms with Crippen molar-refractivity contribution < 1.29 is 14.1 Å². The van der Waals surface area contributed by atoms with Crippen LogP contribution in [-0.4, -0.2) is 23.1 Å². The van der Waals surface area contributed by atoms with Crippen LogP contribution in [0.3, 0.4) is 0 Å². The second kappa shape index (κ2) is 9.52. The molecule has 0 saturated carbocycles. The van der Waals surface area contributed by atoms with Crippen LogP contribution in [0.1, 0.15) is 32.7 Å². The number of benzene rings is 3. The summed E-state index contributed by atoms with van der Waals surface area (Å²) in [5.74, 6) is 1.24. The largest absolute Gasteiger partial charge is 0.497 e. The van der Waals surface area contributed by atoms with Gasteiger partial charge in [-0.2, -0.15) is 0 Å². The van der Waals surface area contributed by atoms with Crippen molar-refractivity contribution in [2.45, 2.75) is 26.9 Å². The summed E-state index contributed by atoms with van der Waals surface area (Å²) in [6.45, 7) is 4.95. The number of methoxy groups -OCH3 is 1. The van der Waals surface area contributed by atoms with Crippen molar-refractivity contribution >= 4 is 5.91 Å². The van der Waals surface area contributed by atoms with Crippen LogP contribution in [-0.2, 0) is 13.1 Å². The maximum Gasteiger partial charge on any atom is 0.254 e. The van der Waals surface area contributed by atoms with Gasteiger partial charge in [-0.25, -0.2) is 0 Å². The molecule has 0 fully saturated rings. The summed E-state index contributed by atoms with van der Waals surface area (Å²) in [5.41, 5.74) is 5.71. The Hall–Kier alpha value is -3.86. The zero-order valence-corrected chi connectivity index (χ0v) is 18.5. The van der Waals surface area contributed by atoms with E-state index in [2.05, 4.69) is 31.1 Å². The Morgan fingerprint density at radius 3 is 2.47 bits per heavy atom. The lowest BCUT2D eigenvalue weighted by atomic mass is 10.0. The first-order chi connectivity index (χ1) is 15.5. The van der Waals surface area contributed by atoms with Gasteiger partial charge in [0.2, 0.25) is 0 Å². The zero-order valence-electron chi connectivity index (χ0n) is 18.5. The molecule has 4 aromatic rings. The van der Waals surface area contributed by atoms with Gasteiger partial charge in [-0.15, -0.1) is 0 Å². The van der Waals surface area contributed by atoms with E-state index in [0.29, 0.717) is 35.9 Å². The number of carbonyl (C=O) groups excluding carboxylic acids is 1. The van der Waals surface area contributed by atoms with Gasteiger partial charge in [0.05, 0.1) is 13.7 Å². The molecule has 32 heavy (non-hydrogen) atoms. The average molecular weight is 427 g/mol. The highest BCUT2D eigenvalue weighted by Gasteiger charge is 2.19. The van der Waals surface area contributed by atoms with Crippen molar-refractivity contribution in [1.29, 1.82) is 0 Å². The highest BCUT2D eigenvalue weighted by atomic mass is 16.5. The molecule has 0 aliphatic carbocycles. The predicted octanol–water partition coefficient (Wildman–Crippen LogP) is 5.81. The number of nitrogens with zero attached hydrogens (tertiary/aromatic N) is 2. The molecule has 0 bridgehead atoms. The summed E-state index contributed by atoms with van der Waals surface area (Å²) in [4.78, 5) is 15.2. The van der Waals surface area contributed by atoms with Crippen molar-refractivity contribution in [3.63, 3.8) is 0 Å². The third-order valence-corrected chi connectivity index (χ3v) is 5.52. The molecule has 0 saturated heterocycles. The van der Waals surface area contributed by atoms with Gasteiger partial charge < -0.3 is 14.2 Å². The number of hydrogen-bond acceptors (Lipinski definition) is 4. The van der Waals surface area contributed by atoms with Crippen LogP contribution in [0.5, 0.6) is 5.75 Å².